The van der Waals surface area contributed by atoms with Gasteiger partial charge in [-0.15, -0.1) is 0 Å². The van der Waals surface area contributed by atoms with Crippen molar-refractivity contribution in [2.75, 3.05) is 5.32 Å². The van der Waals surface area contributed by atoms with Gasteiger partial charge in [0.05, 0.1) is 0 Å². The summed E-state index contributed by atoms with van der Waals surface area (Å²) in [6.07, 6.45) is 3.88. The van der Waals surface area contributed by atoms with Gasteiger partial charge < -0.3 is 10.4 Å². The Hall–Kier alpha value is -1.58. The highest BCUT2D eigenvalue weighted by Gasteiger charge is 2.35. The van der Waals surface area contributed by atoms with Crippen molar-refractivity contribution in [1.82, 2.24) is 4.98 Å². The van der Waals surface area contributed by atoms with E-state index in [1.165, 1.54) is 19.0 Å². The number of rotatable bonds is 4. The molecule has 0 saturated heterocycles. The summed E-state index contributed by atoms with van der Waals surface area (Å²) in [4.78, 5) is 14.5. The Labute approximate surface area is 88.3 Å². The first-order chi connectivity index (χ1) is 7.20. The van der Waals surface area contributed by atoms with Gasteiger partial charge in [0.2, 0.25) is 0 Å². The van der Waals surface area contributed by atoms with E-state index in [0.717, 1.165) is 11.6 Å². The normalized spacial score (nSPS) is 23.5. The van der Waals surface area contributed by atoms with Crippen molar-refractivity contribution >= 4 is 11.7 Å². The van der Waals surface area contributed by atoms with Gasteiger partial charge in [-0.25, -0.2) is 9.78 Å². The van der Waals surface area contributed by atoms with E-state index in [1.54, 1.807) is 12.1 Å². The van der Waals surface area contributed by atoms with E-state index >= 15 is 0 Å². The van der Waals surface area contributed by atoms with Gasteiger partial charge in [0.1, 0.15) is 5.69 Å². The molecule has 1 aromatic heterocycles. The summed E-state index contributed by atoms with van der Waals surface area (Å²) in [5, 5.41) is 12.1. The van der Waals surface area contributed by atoms with Gasteiger partial charge >= 0.3 is 5.97 Å². The average molecular weight is 206 g/mol. The van der Waals surface area contributed by atoms with Crippen LogP contribution in [0.4, 0.5) is 5.69 Å². The Morgan fingerprint density at radius 2 is 2.53 bits per heavy atom. The Balaban J connectivity index is 2.03. The van der Waals surface area contributed by atoms with Crippen molar-refractivity contribution < 1.29 is 9.90 Å². The number of aromatic carboxylic acids is 1. The third-order valence-corrected chi connectivity index (χ3v) is 2.78. The highest BCUT2D eigenvalue weighted by Crippen LogP contribution is 2.35. The maximum absolute atomic E-state index is 10.7. The fourth-order valence-electron chi connectivity index (χ4n) is 1.73. The molecular formula is C11H14N2O2. The molecule has 1 fully saturated rings. The molecule has 4 heteroatoms. The average Bonchev–Trinajstić information content (AvgIpc) is 2.97. The summed E-state index contributed by atoms with van der Waals surface area (Å²) >= 11 is 0. The standard InChI is InChI=1S/C11H14N2O2/c1-2-7-5-9(7)13-8-3-4-12-10(6-8)11(14)15/h3-4,6-7,9H,2,5H2,1H3,(H,12,13)(H,14,15). The molecule has 4 nitrogen and oxygen atoms in total. The maximum atomic E-state index is 10.7. The van der Waals surface area contributed by atoms with Crippen molar-refractivity contribution in [3.8, 4) is 0 Å². The van der Waals surface area contributed by atoms with Crippen molar-refractivity contribution in [2.45, 2.75) is 25.8 Å². The lowest BCUT2D eigenvalue weighted by Gasteiger charge is -2.05. The molecular weight excluding hydrogens is 192 g/mol. The summed E-state index contributed by atoms with van der Waals surface area (Å²) in [7, 11) is 0. The van der Waals surface area contributed by atoms with E-state index < -0.39 is 5.97 Å². The summed E-state index contributed by atoms with van der Waals surface area (Å²) in [6.45, 7) is 2.17. The molecule has 0 aliphatic heterocycles. The molecule has 1 saturated carbocycles. The van der Waals surface area contributed by atoms with Crippen LogP contribution in [0.5, 0.6) is 0 Å². The smallest absolute Gasteiger partial charge is 0.354 e. The highest BCUT2D eigenvalue weighted by atomic mass is 16.4. The summed E-state index contributed by atoms with van der Waals surface area (Å²) in [6, 6.07) is 3.89. The van der Waals surface area contributed by atoms with Crippen LogP contribution in [0.1, 0.15) is 30.3 Å². The highest BCUT2D eigenvalue weighted by molar-refractivity contribution is 5.86. The summed E-state index contributed by atoms with van der Waals surface area (Å²) in [5.74, 6) is -0.243. The molecule has 1 aliphatic rings. The summed E-state index contributed by atoms with van der Waals surface area (Å²) < 4.78 is 0. The molecule has 15 heavy (non-hydrogen) atoms. The van der Waals surface area contributed by atoms with Gasteiger partial charge in [-0.05, 0) is 24.5 Å². The monoisotopic (exact) mass is 206 g/mol. The molecule has 1 heterocycles. The first-order valence-electron chi connectivity index (χ1n) is 5.16. The third-order valence-electron chi connectivity index (χ3n) is 2.78. The van der Waals surface area contributed by atoms with Crippen molar-refractivity contribution in [2.24, 2.45) is 5.92 Å². The minimum absolute atomic E-state index is 0.0914. The lowest BCUT2D eigenvalue weighted by molar-refractivity contribution is 0.0690. The first kappa shape index (κ1) is 9.96. The summed E-state index contributed by atoms with van der Waals surface area (Å²) in [5.41, 5.74) is 0.942. The number of nitrogens with zero attached hydrogens (tertiary/aromatic N) is 1. The molecule has 0 radical (unpaired) electrons. The van der Waals surface area contributed by atoms with Crippen LogP contribution in [0.3, 0.4) is 0 Å². The minimum atomic E-state index is -0.985. The lowest BCUT2D eigenvalue weighted by Crippen LogP contribution is -2.06. The number of hydrogen-bond donors (Lipinski definition) is 2. The zero-order valence-electron chi connectivity index (χ0n) is 8.60. The molecule has 0 amide bonds. The number of carboxylic acid groups (broad SMARTS) is 1. The van der Waals surface area contributed by atoms with Crippen LogP contribution in [0.15, 0.2) is 18.3 Å². The Morgan fingerprint density at radius 1 is 1.73 bits per heavy atom. The number of carbonyl (C=O) groups is 1. The Bertz CT molecular complexity index is 379. The number of hydrogen-bond acceptors (Lipinski definition) is 3. The molecule has 1 aliphatic carbocycles. The molecule has 2 rings (SSSR count). The molecule has 0 spiro atoms. The van der Waals surface area contributed by atoms with Gasteiger partial charge in [-0.2, -0.15) is 0 Å². The van der Waals surface area contributed by atoms with Gasteiger partial charge in [0, 0.05) is 17.9 Å². The van der Waals surface area contributed by atoms with Crippen LogP contribution in [0, 0.1) is 5.92 Å². The molecule has 1 aromatic rings. The second-order valence-corrected chi connectivity index (χ2v) is 3.89. The van der Waals surface area contributed by atoms with Crippen LogP contribution in [-0.2, 0) is 0 Å². The molecule has 2 N–H and O–H groups in total. The Morgan fingerprint density at radius 3 is 3.13 bits per heavy atom. The van der Waals surface area contributed by atoms with Gasteiger partial charge in [0.25, 0.3) is 0 Å². The molecule has 0 bridgehead atoms. The first-order valence-corrected chi connectivity index (χ1v) is 5.16. The molecule has 0 aromatic carbocycles. The van der Waals surface area contributed by atoms with Crippen LogP contribution in [-0.4, -0.2) is 22.1 Å². The van der Waals surface area contributed by atoms with E-state index in [4.69, 9.17) is 5.11 Å². The topological polar surface area (TPSA) is 62.2 Å². The van der Waals surface area contributed by atoms with E-state index in [1.807, 2.05) is 0 Å². The number of pyridine rings is 1. The zero-order chi connectivity index (χ0) is 10.8. The predicted octanol–water partition coefficient (Wildman–Crippen LogP) is 1.99. The van der Waals surface area contributed by atoms with Gasteiger partial charge in [0.15, 0.2) is 0 Å². The van der Waals surface area contributed by atoms with Gasteiger partial charge in [-0.3, -0.25) is 0 Å². The van der Waals surface area contributed by atoms with Crippen LogP contribution < -0.4 is 5.32 Å². The van der Waals surface area contributed by atoms with E-state index in [-0.39, 0.29) is 5.69 Å². The SMILES string of the molecule is CCC1CC1Nc1ccnc(C(=O)O)c1. The quantitative estimate of drug-likeness (QED) is 0.790. The fourth-order valence-corrected chi connectivity index (χ4v) is 1.73. The fraction of sp³-hybridized carbons (Fsp3) is 0.455. The molecule has 2 unspecified atom stereocenters. The largest absolute Gasteiger partial charge is 0.477 e. The van der Waals surface area contributed by atoms with E-state index in [0.29, 0.717) is 6.04 Å². The number of aromatic nitrogens is 1. The van der Waals surface area contributed by atoms with Crippen LogP contribution in [0.2, 0.25) is 0 Å². The lowest BCUT2D eigenvalue weighted by atomic mass is 10.3. The second kappa shape index (κ2) is 3.88. The zero-order valence-corrected chi connectivity index (χ0v) is 8.60. The van der Waals surface area contributed by atoms with E-state index in [2.05, 4.69) is 17.2 Å². The predicted molar refractivity (Wildman–Crippen MR) is 57.0 cm³/mol. The number of carboxylic acids is 1. The van der Waals surface area contributed by atoms with E-state index in [9.17, 15) is 4.79 Å². The second-order valence-electron chi connectivity index (χ2n) is 3.89. The number of nitrogens with one attached hydrogen (secondary N) is 1. The maximum Gasteiger partial charge on any atom is 0.354 e. The van der Waals surface area contributed by atoms with Crippen molar-refractivity contribution in [3.05, 3.63) is 24.0 Å². The minimum Gasteiger partial charge on any atom is -0.477 e. The van der Waals surface area contributed by atoms with Crippen LogP contribution in [0.25, 0.3) is 0 Å². The third kappa shape index (κ3) is 2.26. The van der Waals surface area contributed by atoms with Gasteiger partial charge in [-0.1, -0.05) is 13.3 Å². The molecule has 2 atom stereocenters. The van der Waals surface area contributed by atoms with Crippen molar-refractivity contribution in [1.29, 1.82) is 0 Å². The van der Waals surface area contributed by atoms with Crippen molar-refractivity contribution in [3.63, 3.8) is 0 Å². The molecule has 80 valence electrons. The van der Waals surface area contributed by atoms with Crippen LogP contribution >= 0.6 is 0 Å². The number of anilines is 1. The Kier molecular flexibility index (Phi) is 2.58.